The van der Waals surface area contributed by atoms with E-state index in [1.807, 2.05) is 18.3 Å². The van der Waals surface area contributed by atoms with Gasteiger partial charge in [0.1, 0.15) is 5.82 Å². The lowest BCUT2D eigenvalue weighted by molar-refractivity contribution is 0.588. The molecule has 3 nitrogen and oxygen atoms in total. The zero-order valence-corrected chi connectivity index (χ0v) is 12.0. The van der Waals surface area contributed by atoms with Gasteiger partial charge in [0.25, 0.3) is 0 Å². The third kappa shape index (κ3) is 2.67. The maximum absolute atomic E-state index is 4.78. The molecule has 1 atom stereocenters. The molecule has 0 aromatic carbocycles. The van der Waals surface area contributed by atoms with E-state index in [2.05, 4.69) is 35.4 Å². The summed E-state index contributed by atoms with van der Waals surface area (Å²) in [5, 5.41) is 3.37. The van der Waals surface area contributed by atoms with E-state index >= 15 is 0 Å². The number of anilines is 1. The van der Waals surface area contributed by atoms with E-state index in [1.54, 1.807) is 0 Å². The Morgan fingerprint density at radius 2 is 2.20 bits per heavy atom. The highest BCUT2D eigenvalue weighted by molar-refractivity contribution is 5.39. The number of aromatic nitrogens is 2. The zero-order chi connectivity index (χ0) is 13.8. The summed E-state index contributed by atoms with van der Waals surface area (Å²) in [5.74, 6) is 1.33. The minimum absolute atomic E-state index is 0.350. The molecule has 2 aromatic heterocycles. The largest absolute Gasteiger partial charge is 0.370 e. The monoisotopic (exact) mass is 267 g/mol. The maximum atomic E-state index is 4.78. The van der Waals surface area contributed by atoms with Crippen LogP contribution in [0.1, 0.15) is 49.1 Å². The van der Waals surface area contributed by atoms with Crippen molar-refractivity contribution in [3.05, 3.63) is 53.5 Å². The highest BCUT2D eigenvalue weighted by Crippen LogP contribution is 2.34. The molecule has 0 aliphatic heterocycles. The molecule has 20 heavy (non-hydrogen) atoms. The predicted molar refractivity (Wildman–Crippen MR) is 82.0 cm³/mol. The second kappa shape index (κ2) is 6.04. The predicted octanol–water partition coefficient (Wildman–Crippen LogP) is 3.77. The van der Waals surface area contributed by atoms with Crippen LogP contribution in [0.3, 0.4) is 0 Å². The smallest absolute Gasteiger partial charge is 0.126 e. The summed E-state index contributed by atoms with van der Waals surface area (Å²) in [6.07, 6.45) is 6.52. The van der Waals surface area contributed by atoms with Gasteiger partial charge in [-0.25, -0.2) is 4.98 Å². The Balaban J connectivity index is 1.90. The van der Waals surface area contributed by atoms with E-state index in [4.69, 9.17) is 4.98 Å². The van der Waals surface area contributed by atoms with Crippen molar-refractivity contribution in [1.29, 1.82) is 0 Å². The summed E-state index contributed by atoms with van der Waals surface area (Å²) in [7, 11) is 0. The third-order valence-corrected chi connectivity index (χ3v) is 3.88. The quantitative estimate of drug-likeness (QED) is 0.916. The number of hydrogen-bond acceptors (Lipinski definition) is 3. The van der Waals surface area contributed by atoms with Gasteiger partial charge < -0.3 is 5.32 Å². The van der Waals surface area contributed by atoms with Crippen LogP contribution in [0.2, 0.25) is 0 Å². The second-order valence-corrected chi connectivity index (χ2v) is 5.37. The number of rotatable bonds is 4. The molecule has 0 spiro atoms. The fourth-order valence-corrected chi connectivity index (χ4v) is 2.89. The van der Waals surface area contributed by atoms with Crippen LogP contribution in [0, 0.1) is 0 Å². The van der Waals surface area contributed by atoms with Gasteiger partial charge in [-0.15, -0.1) is 0 Å². The summed E-state index contributed by atoms with van der Waals surface area (Å²) < 4.78 is 0. The molecule has 3 rings (SSSR count). The topological polar surface area (TPSA) is 37.8 Å². The van der Waals surface area contributed by atoms with Gasteiger partial charge in [0.05, 0.1) is 11.4 Å². The summed E-state index contributed by atoms with van der Waals surface area (Å²) in [6.45, 7) is 3.13. The van der Waals surface area contributed by atoms with Gasteiger partial charge >= 0.3 is 0 Å². The Labute approximate surface area is 120 Å². The number of aryl methyl sites for hydroxylation is 1. The maximum Gasteiger partial charge on any atom is 0.126 e. The second-order valence-electron chi connectivity index (χ2n) is 5.37. The fraction of sp³-hybridized carbons (Fsp3) is 0.412. The molecule has 1 aliphatic carbocycles. The van der Waals surface area contributed by atoms with E-state index in [-0.39, 0.29) is 0 Å². The Morgan fingerprint density at radius 1 is 1.25 bits per heavy atom. The molecule has 0 saturated carbocycles. The number of pyridine rings is 2. The van der Waals surface area contributed by atoms with Crippen molar-refractivity contribution in [2.45, 2.75) is 38.5 Å². The first kappa shape index (κ1) is 13.1. The van der Waals surface area contributed by atoms with E-state index in [0.29, 0.717) is 5.92 Å². The molecule has 104 valence electrons. The van der Waals surface area contributed by atoms with Crippen molar-refractivity contribution in [2.24, 2.45) is 0 Å². The molecule has 0 bridgehead atoms. The van der Waals surface area contributed by atoms with Crippen molar-refractivity contribution < 1.29 is 0 Å². The van der Waals surface area contributed by atoms with Crippen molar-refractivity contribution >= 4 is 5.82 Å². The van der Waals surface area contributed by atoms with Crippen LogP contribution in [-0.2, 0) is 6.42 Å². The first-order valence-electron chi connectivity index (χ1n) is 7.53. The van der Waals surface area contributed by atoms with Crippen LogP contribution < -0.4 is 5.32 Å². The molecule has 1 aliphatic rings. The molecule has 2 aromatic rings. The molecule has 1 unspecified atom stereocenters. The lowest BCUT2D eigenvalue weighted by Crippen LogP contribution is -2.14. The molecule has 0 radical (unpaired) electrons. The first-order valence-corrected chi connectivity index (χ1v) is 7.53. The summed E-state index contributed by atoms with van der Waals surface area (Å²) in [6, 6.07) is 10.5. The summed E-state index contributed by atoms with van der Waals surface area (Å²) in [4.78, 5) is 9.39. The number of nitrogens with zero attached hydrogens (tertiary/aromatic N) is 2. The first-order chi connectivity index (χ1) is 9.88. The van der Waals surface area contributed by atoms with Crippen LogP contribution in [0.25, 0.3) is 0 Å². The van der Waals surface area contributed by atoms with E-state index in [1.165, 1.54) is 17.7 Å². The van der Waals surface area contributed by atoms with Gasteiger partial charge in [-0.3, -0.25) is 4.98 Å². The van der Waals surface area contributed by atoms with Gasteiger partial charge in [0, 0.05) is 18.7 Å². The fourth-order valence-electron chi connectivity index (χ4n) is 2.89. The number of fused-ring (bicyclic) bond motifs is 1. The molecular weight excluding hydrogens is 246 g/mol. The molecule has 0 amide bonds. The minimum Gasteiger partial charge on any atom is -0.370 e. The van der Waals surface area contributed by atoms with Crippen molar-refractivity contribution in [1.82, 2.24) is 9.97 Å². The van der Waals surface area contributed by atoms with Crippen molar-refractivity contribution in [2.75, 3.05) is 11.9 Å². The molecular formula is C17H21N3. The highest BCUT2D eigenvalue weighted by Gasteiger charge is 2.23. The molecule has 1 N–H and O–H groups in total. The average molecular weight is 267 g/mol. The van der Waals surface area contributed by atoms with Crippen molar-refractivity contribution in [3.8, 4) is 0 Å². The molecule has 2 heterocycles. The Morgan fingerprint density at radius 3 is 3.10 bits per heavy atom. The number of nitrogens with one attached hydrogen (secondary N) is 1. The van der Waals surface area contributed by atoms with Crippen LogP contribution in [0.5, 0.6) is 0 Å². The minimum atomic E-state index is 0.350. The van der Waals surface area contributed by atoms with Crippen LogP contribution in [0.4, 0.5) is 5.82 Å². The van der Waals surface area contributed by atoms with E-state index in [9.17, 15) is 0 Å². The normalized spacial score (nSPS) is 17.6. The lowest BCUT2D eigenvalue weighted by atomic mass is 9.84. The summed E-state index contributed by atoms with van der Waals surface area (Å²) >= 11 is 0. The van der Waals surface area contributed by atoms with Gasteiger partial charge in [-0.05, 0) is 49.4 Å². The Bertz CT molecular complexity index is 580. The SMILES string of the molecule is CCCNc1cccc(C2CCCc3cccnc32)n1. The van der Waals surface area contributed by atoms with Crippen LogP contribution in [0.15, 0.2) is 36.5 Å². The Kier molecular flexibility index (Phi) is 3.95. The lowest BCUT2D eigenvalue weighted by Gasteiger charge is -2.24. The van der Waals surface area contributed by atoms with Gasteiger partial charge in [-0.2, -0.15) is 0 Å². The van der Waals surface area contributed by atoms with Gasteiger partial charge in [0.2, 0.25) is 0 Å². The molecule has 3 heteroatoms. The summed E-state index contributed by atoms with van der Waals surface area (Å²) in [5.41, 5.74) is 3.75. The third-order valence-electron chi connectivity index (χ3n) is 3.88. The van der Waals surface area contributed by atoms with Crippen LogP contribution >= 0.6 is 0 Å². The van der Waals surface area contributed by atoms with Crippen molar-refractivity contribution in [3.63, 3.8) is 0 Å². The van der Waals surface area contributed by atoms with Gasteiger partial charge in [0.15, 0.2) is 0 Å². The van der Waals surface area contributed by atoms with E-state index in [0.717, 1.165) is 37.3 Å². The zero-order valence-electron chi connectivity index (χ0n) is 12.0. The van der Waals surface area contributed by atoms with E-state index < -0.39 is 0 Å². The van der Waals surface area contributed by atoms with Gasteiger partial charge in [-0.1, -0.05) is 19.1 Å². The standard InChI is InChI=1S/C17H21N3/c1-2-11-18-16-10-4-9-15(20-16)14-8-3-6-13-7-5-12-19-17(13)14/h4-5,7,9-10,12,14H,2-3,6,8,11H2,1H3,(H,18,20). The average Bonchev–Trinajstić information content (AvgIpc) is 2.52. The van der Waals surface area contributed by atoms with Crippen LogP contribution in [-0.4, -0.2) is 16.5 Å². The highest BCUT2D eigenvalue weighted by atomic mass is 15.0. The Hall–Kier alpha value is -1.90. The number of hydrogen-bond donors (Lipinski definition) is 1. The molecule has 0 saturated heterocycles. The molecule has 0 fully saturated rings.